The van der Waals surface area contributed by atoms with E-state index in [4.69, 9.17) is 9.05 Å². The molecule has 4 aromatic carbocycles. The zero-order valence-electron chi connectivity index (χ0n) is 20.1. The second kappa shape index (κ2) is 10.9. The van der Waals surface area contributed by atoms with Crippen LogP contribution >= 0.6 is 8.25 Å². The standard InChI is InChI=1S/C30H30O3P/c1-21-5-13-25(14-6-21)29(26-15-7-22(2)8-16-26)32-34(31)33-30(27-17-9-23(3)10-18-27)28-19-11-24(4)12-20-28/h5-20,29-30H,1-4H3/q+1. The van der Waals surface area contributed by atoms with Crippen LogP contribution in [0.25, 0.3) is 0 Å². The van der Waals surface area contributed by atoms with Crippen LogP contribution in [0.1, 0.15) is 56.7 Å². The number of hydrogen-bond donors (Lipinski definition) is 0. The molecular weight excluding hydrogens is 439 g/mol. The molecule has 0 saturated heterocycles. The number of benzene rings is 4. The summed E-state index contributed by atoms with van der Waals surface area (Å²) in [5.41, 5.74) is 8.37. The molecule has 0 aromatic heterocycles. The van der Waals surface area contributed by atoms with Crippen molar-refractivity contribution in [2.24, 2.45) is 0 Å². The van der Waals surface area contributed by atoms with Crippen LogP contribution in [0.2, 0.25) is 0 Å². The van der Waals surface area contributed by atoms with Gasteiger partial charge in [-0.25, -0.2) is 0 Å². The van der Waals surface area contributed by atoms with E-state index in [1.807, 2.05) is 125 Å². The Morgan fingerprint density at radius 3 is 0.853 bits per heavy atom. The van der Waals surface area contributed by atoms with Gasteiger partial charge in [0.25, 0.3) is 0 Å². The topological polar surface area (TPSA) is 35.5 Å². The Labute approximate surface area is 203 Å². The third-order valence-corrected chi connectivity index (χ3v) is 6.67. The lowest BCUT2D eigenvalue weighted by atomic mass is 10.00. The molecule has 0 bridgehead atoms. The lowest BCUT2D eigenvalue weighted by molar-refractivity contribution is 0.163. The van der Waals surface area contributed by atoms with E-state index >= 15 is 0 Å². The van der Waals surface area contributed by atoms with Gasteiger partial charge in [-0.1, -0.05) is 119 Å². The highest BCUT2D eigenvalue weighted by atomic mass is 31.1. The first-order valence-electron chi connectivity index (χ1n) is 11.5. The summed E-state index contributed by atoms with van der Waals surface area (Å²) in [7, 11) is -2.43. The minimum Gasteiger partial charge on any atom is -0.106 e. The van der Waals surface area contributed by atoms with Crippen molar-refractivity contribution in [3.8, 4) is 0 Å². The van der Waals surface area contributed by atoms with Gasteiger partial charge in [0.1, 0.15) is 0 Å². The SMILES string of the molecule is Cc1ccc(C(O[P+](=O)OC(c2ccc(C)cc2)c2ccc(C)cc2)c2ccc(C)cc2)cc1. The second-order valence-corrected chi connectivity index (χ2v) is 9.71. The highest BCUT2D eigenvalue weighted by Crippen LogP contribution is 2.43. The monoisotopic (exact) mass is 469 g/mol. The molecule has 0 aliphatic rings. The Morgan fingerprint density at radius 2 is 0.647 bits per heavy atom. The van der Waals surface area contributed by atoms with Crippen molar-refractivity contribution in [3.05, 3.63) is 142 Å². The minimum atomic E-state index is -2.43. The molecule has 0 saturated carbocycles. The highest BCUT2D eigenvalue weighted by molar-refractivity contribution is 7.33. The van der Waals surface area contributed by atoms with Crippen molar-refractivity contribution in [1.82, 2.24) is 0 Å². The maximum absolute atomic E-state index is 13.3. The van der Waals surface area contributed by atoms with Crippen LogP contribution in [0.3, 0.4) is 0 Å². The molecule has 3 nitrogen and oxygen atoms in total. The molecule has 0 atom stereocenters. The van der Waals surface area contributed by atoms with Gasteiger partial charge in [-0.2, -0.15) is 0 Å². The first kappa shape index (κ1) is 24.0. The van der Waals surface area contributed by atoms with Gasteiger partial charge in [0.2, 0.25) is 0 Å². The van der Waals surface area contributed by atoms with Crippen molar-refractivity contribution in [1.29, 1.82) is 0 Å². The maximum atomic E-state index is 13.3. The summed E-state index contributed by atoms with van der Waals surface area (Å²) >= 11 is 0. The van der Waals surface area contributed by atoms with Crippen LogP contribution in [-0.4, -0.2) is 0 Å². The fraction of sp³-hybridized carbons (Fsp3) is 0.200. The van der Waals surface area contributed by atoms with Gasteiger partial charge in [0, 0.05) is 4.57 Å². The summed E-state index contributed by atoms with van der Waals surface area (Å²) in [4.78, 5) is 0. The molecule has 0 aliphatic heterocycles. The van der Waals surface area contributed by atoms with E-state index in [1.54, 1.807) is 0 Å². The fourth-order valence-corrected chi connectivity index (χ4v) is 4.67. The predicted molar refractivity (Wildman–Crippen MR) is 138 cm³/mol. The molecule has 0 fully saturated rings. The second-order valence-electron chi connectivity index (χ2n) is 8.84. The summed E-state index contributed by atoms with van der Waals surface area (Å²) in [6.07, 6.45) is -0.997. The van der Waals surface area contributed by atoms with Crippen molar-refractivity contribution < 1.29 is 13.6 Å². The fourth-order valence-electron chi connectivity index (χ4n) is 3.79. The maximum Gasteiger partial charge on any atom is 0.699 e. The van der Waals surface area contributed by atoms with E-state index in [0.29, 0.717) is 0 Å². The average Bonchev–Trinajstić information content (AvgIpc) is 2.84. The van der Waals surface area contributed by atoms with Crippen molar-refractivity contribution >= 4 is 8.25 Å². The van der Waals surface area contributed by atoms with Crippen molar-refractivity contribution in [2.75, 3.05) is 0 Å². The predicted octanol–water partition coefficient (Wildman–Crippen LogP) is 8.49. The van der Waals surface area contributed by atoms with Crippen LogP contribution in [0.15, 0.2) is 97.1 Å². The first-order valence-corrected chi connectivity index (χ1v) is 12.6. The quantitative estimate of drug-likeness (QED) is 0.243. The molecule has 0 amide bonds. The largest absolute Gasteiger partial charge is 0.699 e. The van der Waals surface area contributed by atoms with Gasteiger partial charge in [0.05, 0.1) is 0 Å². The van der Waals surface area contributed by atoms with E-state index in [0.717, 1.165) is 44.5 Å². The van der Waals surface area contributed by atoms with Crippen LogP contribution in [0, 0.1) is 27.7 Å². The average molecular weight is 470 g/mol. The molecule has 0 radical (unpaired) electrons. The van der Waals surface area contributed by atoms with E-state index in [-0.39, 0.29) is 0 Å². The first-order chi connectivity index (χ1) is 16.4. The van der Waals surface area contributed by atoms with Crippen LogP contribution in [0.5, 0.6) is 0 Å². The zero-order chi connectivity index (χ0) is 24.1. The Hall–Kier alpha value is -3.10. The van der Waals surface area contributed by atoms with E-state index in [9.17, 15) is 4.57 Å². The molecule has 172 valence electrons. The van der Waals surface area contributed by atoms with Crippen LogP contribution in [0.4, 0.5) is 0 Å². The third-order valence-electron chi connectivity index (χ3n) is 5.90. The molecular formula is C30H30O3P+. The Bertz CT molecular complexity index is 1040. The Kier molecular flexibility index (Phi) is 7.70. The lowest BCUT2D eigenvalue weighted by Gasteiger charge is -2.15. The van der Waals surface area contributed by atoms with Crippen LogP contribution < -0.4 is 0 Å². The molecule has 4 rings (SSSR count). The molecule has 0 aliphatic carbocycles. The lowest BCUT2D eigenvalue weighted by Crippen LogP contribution is -2.06. The van der Waals surface area contributed by atoms with Crippen LogP contribution in [-0.2, 0) is 13.6 Å². The van der Waals surface area contributed by atoms with E-state index in [1.165, 1.54) is 0 Å². The summed E-state index contributed by atoms with van der Waals surface area (Å²) in [5, 5.41) is 0. The van der Waals surface area contributed by atoms with Gasteiger partial charge in [-0.3, -0.25) is 0 Å². The van der Waals surface area contributed by atoms with Gasteiger partial charge >= 0.3 is 8.25 Å². The van der Waals surface area contributed by atoms with E-state index < -0.39 is 20.5 Å². The van der Waals surface area contributed by atoms with Gasteiger partial charge < -0.3 is 0 Å². The summed E-state index contributed by atoms with van der Waals surface area (Å²) in [6.45, 7) is 8.18. The number of hydrogen-bond acceptors (Lipinski definition) is 3. The van der Waals surface area contributed by atoms with Crippen molar-refractivity contribution in [2.45, 2.75) is 39.9 Å². The third kappa shape index (κ3) is 6.07. The molecule has 0 spiro atoms. The molecule has 4 aromatic rings. The number of aryl methyl sites for hydroxylation is 4. The Balaban J connectivity index is 1.63. The van der Waals surface area contributed by atoms with Gasteiger partial charge in [-0.15, -0.1) is 9.05 Å². The van der Waals surface area contributed by atoms with Gasteiger partial charge in [0.15, 0.2) is 12.2 Å². The number of rotatable bonds is 8. The summed E-state index contributed by atoms with van der Waals surface area (Å²) in [5.74, 6) is 0. The molecule has 0 heterocycles. The molecule has 34 heavy (non-hydrogen) atoms. The summed E-state index contributed by atoms with van der Waals surface area (Å²) in [6, 6.07) is 32.4. The van der Waals surface area contributed by atoms with Gasteiger partial charge in [-0.05, 0) is 49.9 Å². The summed E-state index contributed by atoms with van der Waals surface area (Å²) < 4.78 is 25.5. The van der Waals surface area contributed by atoms with Crippen molar-refractivity contribution in [3.63, 3.8) is 0 Å². The normalized spacial score (nSPS) is 11.2. The molecule has 0 unspecified atom stereocenters. The Morgan fingerprint density at radius 1 is 0.441 bits per heavy atom. The zero-order valence-corrected chi connectivity index (χ0v) is 21.0. The van der Waals surface area contributed by atoms with E-state index in [2.05, 4.69) is 0 Å². The molecule has 0 N–H and O–H groups in total. The highest BCUT2D eigenvalue weighted by Gasteiger charge is 2.35. The molecule has 4 heteroatoms. The smallest absolute Gasteiger partial charge is 0.106 e. The minimum absolute atomic E-state index is 0.499.